The Bertz CT molecular complexity index is 326. The number of hydrogen-bond donors (Lipinski definition) is 1. The van der Waals surface area contributed by atoms with Crippen LogP contribution in [0.3, 0.4) is 0 Å². The molecule has 16 heavy (non-hydrogen) atoms. The lowest BCUT2D eigenvalue weighted by molar-refractivity contribution is 0.319. The van der Waals surface area contributed by atoms with Gasteiger partial charge in [-0.3, -0.25) is 0 Å². The highest BCUT2D eigenvalue weighted by Gasteiger charge is 2.05. The van der Waals surface area contributed by atoms with Gasteiger partial charge in [-0.15, -0.1) is 0 Å². The predicted octanol–water partition coefficient (Wildman–Crippen LogP) is 2.52. The molecule has 0 atom stereocenters. The highest BCUT2D eigenvalue weighted by Crippen LogP contribution is 2.13. The molecule has 2 nitrogen and oxygen atoms in total. The van der Waals surface area contributed by atoms with Gasteiger partial charge >= 0.3 is 0 Å². The quantitative estimate of drug-likeness (QED) is 0.804. The Balaban J connectivity index is 2.67. The highest BCUT2D eigenvalue weighted by molar-refractivity contribution is 5.27. The number of benzene rings is 1. The van der Waals surface area contributed by atoms with Crippen LogP contribution in [0.15, 0.2) is 18.2 Å². The Morgan fingerprint density at radius 2 is 2.06 bits per heavy atom. The summed E-state index contributed by atoms with van der Waals surface area (Å²) in [4.78, 5) is 2.21. The zero-order chi connectivity index (χ0) is 12.0. The van der Waals surface area contributed by atoms with Gasteiger partial charge in [-0.25, -0.2) is 4.39 Å². The van der Waals surface area contributed by atoms with Gasteiger partial charge in [0, 0.05) is 13.1 Å². The second kappa shape index (κ2) is 6.61. The average molecular weight is 224 g/mol. The lowest BCUT2D eigenvalue weighted by atomic mass is 10.1. The fraction of sp³-hybridized carbons (Fsp3) is 0.538. The van der Waals surface area contributed by atoms with Gasteiger partial charge < -0.3 is 10.6 Å². The van der Waals surface area contributed by atoms with Gasteiger partial charge in [-0.1, -0.05) is 19.4 Å². The summed E-state index contributed by atoms with van der Waals surface area (Å²) in [5.74, 6) is -0.184. The standard InChI is InChI=1S/C13H21FN2/c1-3-4-7-16(2)10-12-8-13(14)6-5-11(12)9-15/h5-6,8H,3-4,7,9-10,15H2,1-2H3. The molecule has 0 aliphatic rings. The van der Waals surface area contributed by atoms with Crippen molar-refractivity contribution in [3.8, 4) is 0 Å². The van der Waals surface area contributed by atoms with E-state index in [4.69, 9.17) is 5.73 Å². The molecule has 90 valence electrons. The van der Waals surface area contributed by atoms with Crippen molar-refractivity contribution in [3.05, 3.63) is 35.1 Å². The van der Waals surface area contributed by atoms with Crippen LogP contribution in [0.2, 0.25) is 0 Å². The van der Waals surface area contributed by atoms with Crippen molar-refractivity contribution in [1.29, 1.82) is 0 Å². The summed E-state index contributed by atoms with van der Waals surface area (Å²) < 4.78 is 13.1. The zero-order valence-corrected chi connectivity index (χ0v) is 10.2. The number of nitrogens with zero attached hydrogens (tertiary/aromatic N) is 1. The van der Waals surface area contributed by atoms with Crippen LogP contribution in [-0.4, -0.2) is 18.5 Å². The second-order valence-electron chi connectivity index (χ2n) is 4.21. The molecule has 0 fully saturated rings. The van der Waals surface area contributed by atoms with Crippen molar-refractivity contribution in [2.75, 3.05) is 13.6 Å². The molecule has 0 unspecified atom stereocenters. The first-order valence-electron chi connectivity index (χ1n) is 5.83. The van der Waals surface area contributed by atoms with Crippen molar-refractivity contribution >= 4 is 0 Å². The van der Waals surface area contributed by atoms with Crippen LogP contribution >= 0.6 is 0 Å². The molecule has 3 heteroatoms. The van der Waals surface area contributed by atoms with E-state index in [1.54, 1.807) is 12.1 Å². The summed E-state index contributed by atoms with van der Waals surface area (Å²) in [6, 6.07) is 4.83. The van der Waals surface area contributed by atoms with Crippen LogP contribution in [0.5, 0.6) is 0 Å². The number of halogens is 1. The van der Waals surface area contributed by atoms with E-state index in [0.717, 1.165) is 24.2 Å². The maximum absolute atomic E-state index is 13.1. The normalized spacial score (nSPS) is 11.1. The third-order valence-electron chi connectivity index (χ3n) is 2.72. The largest absolute Gasteiger partial charge is 0.326 e. The SMILES string of the molecule is CCCCN(C)Cc1cc(F)ccc1CN. The molecule has 0 aliphatic carbocycles. The van der Waals surface area contributed by atoms with E-state index in [2.05, 4.69) is 18.9 Å². The van der Waals surface area contributed by atoms with Crippen LogP contribution < -0.4 is 5.73 Å². The van der Waals surface area contributed by atoms with E-state index in [9.17, 15) is 4.39 Å². The zero-order valence-electron chi connectivity index (χ0n) is 10.2. The summed E-state index contributed by atoms with van der Waals surface area (Å²) in [6.07, 6.45) is 2.35. The first-order chi connectivity index (χ1) is 7.67. The molecule has 0 saturated heterocycles. The maximum atomic E-state index is 13.1. The van der Waals surface area contributed by atoms with Crippen molar-refractivity contribution in [1.82, 2.24) is 4.90 Å². The fourth-order valence-corrected chi connectivity index (χ4v) is 1.74. The average Bonchev–Trinajstić information content (AvgIpc) is 2.27. The fourth-order valence-electron chi connectivity index (χ4n) is 1.74. The van der Waals surface area contributed by atoms with Crippen LogP contribution in [0.4, 0.5) is 4.39 Å². The van der Waals surface area contributed by atoms with Crippen molar-refractivity contribution in [2.24, 2.45) is 5.73 Å². The molecule has 0 amide bonds. The number of rotatable bonds is 6. The van der Waals surface area contributed by atoms with Gasteiger partial charge in [-0.05, 0) is 43.3 Å². The summed E-state index contributed by atoms with van der Waals surface area (Å²) >= 11 is 0. The molecule has 0 saturated carbocycles. The first-order valence-corrected chi connectivity index (χ1v) is 5.83. The van der Waals surface area contributed by atoms with Gasteiger partial charge in [0.05, 0.1) is 0 Å². The molecule has 1 aromatic carbocycles. The molecular weight excluding hydrogens is 203 g/mol. The number of hydrogen-bond acceptors (Lipinski definition) is 2. The van der Waals surface area contributed by atoms with E-state index in [1.807, 2.05) is 0 Å². The van der Waals surface area contributed by atoms with Gasteiger partial charge in [-0.2, -0.15) is 0 Å². The van der Waals surface area contributed by atoms with Crippen molar-refractivity contribution in [3.63, 3.8) is 0 Å². The van der Waals surface area contributed by atoms with Crippen LogP contribution in [0.1, 0.15) is 30.9 Å². The Morgan fingerprint density at radius 1 is 1.31 bits per heavy atom. The van der Waals surface area contributed by atoms with Crippen molar-refractivity contribution < 1.29 is 4.39 Å². The Hall–Kier alpha value is -0.930. The smallest absolute Gasteiger partial charge is 0.123 e. The molecule has 0 heterocycles. The minimum absolute atomic E-state index is 0.184. The van der Waals surface area contributed by atoms with Gasteiger partial charge in [0.15, 0.2) is 0 Å². The summed E-state index contributed by atoms with van der Waals surface area (Å²) in [7, 11) is 2.06. The predicted molar refractivity (Wildman–Crippen MR) is 65.5 cm³/mol. The molecule has 1 rings (SSSR count). The van der Waals surface area contributed by atoms with Gasteiger partial charge in [0.2, 0.25) is 0 Å². The van der Waals surface area contributed by atoms with E-state index in [0.29, 0.717) is 6.54 Å². The highest BCUT2D eigenvalue weighted by atomic mass is 19.1. The molecule has 2 N–H and O–H groups in total. The van der Waals surface area contributed by atoms with Crippen LogP contribution in [-0.2, 0) is 13.1 Å². The Morgan fingerprint density at radius 3 is 2.69 bits per heavy atom. The molecular formula is C13H21FN2. The third-order valence-corrected chi connectivity index (χ3v) is 2.72. The van der Waals surface area contributed by atoms with Crippen molar-refractivity contribution in [2.45, 2.75) is 32.9 Å². The van der Waals surface area contributed by atoms with E-state index >= 15 is 0 Å². The van der Waals surface area contributed by atoms with Crippen LogP contribution in [0.25, 0.3) is 0 Å². The number of nitrogens with two attached hydrogens (primary N) is 1. The molecule has 0 aromatic heterocycles. The third kappa shape index (κ3) is 3.91. The summed E-state index contributed by atoms with van der Waals surface area (Å²) in [5, 5.41) is 0. The molecule has 0 aliphatic heterocycles. The number of unbranched alkanes of at least 4 members (excludes halogenated alkanes) is 1. The lowest BCUT2D eigenvalue weighted by Gasteiger charge is -2.18. The molecule has 0 radical (unpaired) electrons. The van der Waals surface area contributed by atoms with Gasteiger partial charge in [0.1, 0.15) is 5.82 Å². The maximum Gasteiger partial charge on any atom is 0.123 e. The minimum Gasteiger partial charge on any atom is -0.326 e. The molecule has 0 bridgehead atoms. The van der Waals surface area contributed by atoms with E-state index < -0.39 is 0 Å². The molecule has 1 aromatic rings. The molecule has 0 spiro atoms. The van der Waals surface area contributed by atoms with E-state index in [1.165, 1.54) is 18.9 Å². The minimum atomic E-state index is -0.184. The lowest BCUT2D eigenvalue weighted by Crippen LogP contribution is -2.20. The summed E-state index contributed by atoms with van der Waals surface area (Å²) in [5.41, 5.74) is 7.67. The van der Waals surface area contributed by atoms with Gasteiger partial charge in [0.25, 0.3) is 0 Å². The van der Waals surface area contributed by atoms with E-state index in [-0.39, 0.29) is 5.82 Å². The first kappa shape index (κ1) is 13.1. The topological polar surface area (TPSA) is 29.3 Å². The second-order valence-corrected chi connectivity index (χ2v) is 4.21. The Labute approximate surface area is 97.3 Å². The monoisotopic (exact) mass is 224 g/mol. The van der Waals surface area contributed by atoms with Crippen LogP contribution in [0, 0.1) is 5.82 Å². The Kier molecular flexibility index (Phi) is 5.43. The summed E-state index contributed by atoms with van der Waals surface area (Å²) in [6.45, 7) is 4.44.